The van der Waals surface area contributed by atoms with Crippen LogP contribution in [-0.4, -0.2) is 59.9 Å². The van der Waals surface area contributed by atoms with E-state index >= 15 is 0 Å². The number of aromatic nitrogens is 1. The molecule has 3 rings (SSSR count). The third-order valence-electron chi connectivity index (χ3n) is 4.59. The minimum absolute atomic E-state index is 0.00401. The van der Waals surface area contributed by atoms with Crippen LogP contribution in [0.1, 0.15) is 33.3 Å². The number of benzene rings is 1. The molecule has 1 aliphatic heterocycles. The molecule has 1 aliphatic rings. The number of aryl methyl sites for hydroxylation is 1. The Morgan fingerprint density at radius 3 is 2.32 bits per heavy atom. The van der Waals surface area contributed by atoms with E-state index in [9.17, 15) is 9.59 Å². The number of ether oxygens (including phenoxy) is 1. The highest BCUT2D eigenvalue weighted by molar-refractivity contribution is 5.95. The first-order valence-corrected chi connectivity index (χ1v) is 8.53. The summed E-state index contributed by atoms with van der Waals surface area (Å²) < 4.78 is 5.32. The van der Waals surface area contributed by atoms with Crippen LogP contribution < -0.4 is 4.74 Å². The topological polar surface area (TPSA) is 65.6 Å². The van der Waals surface area contributed by atoms with Gasteiger partial charge in [0.25, 0.3) is 11.8 Å². The minimum atomic E-state index is -0.0187. The molecule has 1 fully saturated rings. The van der Waals surface area contributed by atoms with Crippen LogP contribution in [0.15, 0.2) is 36.5 Å². The van der Waals surface area contributed by atoms with E-state index in [1.807, 2.05) is 25.1 Å². The lowest BCUT2D eigenvalue weighted by Gasteiger charge is -2.34. The second kappa shape index (κ2) is 7.42. The zero-order valence-corrected chi connectivity index (χ0v) is 14.6. The van der Waals surface area contributed by atoms with Gasteiger partial charge < -0.3 is 19.5 Å². The van der Waals surface area contributed by atoms with Crippen LogP contribution >= 0.6 is 0 Å². The highest BCUT2D eigenvalue weighted by Gasteiger charge is 2.26. The molecule has 0 aliphatic carbocycles. The van der Waals surface area contributed by atoms with Crippen LogP contribution in [0, 0.1) is 0 Å². The molecule has 0 spiro atoms. The molecule has 0 saturated carbocycles. The van der Waals surface area contributed by atoms with E-state index in [-0.39, 0.29) is 11.8 Å². The Hall–Kier alpha value is -2.76. The number of hydrogen-bond acceptors (Lipinski definition) is 3. The number of amides is 2. The third-order valence-corrected chi connectivity index (χ3v) is 4.59. The van der Waals surface area contributed by atoms with E-state index in [4.69, 9.17) is 4.74 Å². The molecule has 0 atom stereocenters. The van der Waals surface area contributed by atoms with Crippen molar-refractivity contribution in [3.63, 3.8) is 0 Å². The highest BCUT2D eigenvalue weighted by atomic mass is 16.5. The standard InChI is InChI=1S/C19H23N3O3/c1-3-14-13-15(6-7-17(14)25-2)18(23)21-9-11-22(12-10-21)19(24)16-5-4-8-20-16/h4-8,13,20H,3,9-12H2,1-2H3. The SMILES string of the molecule is CCc1cc(C(=O)N2CCN(C(=O)c3ccc[nH]3)CC2)ccc1OC. The zero-order valence-electron chi connectivity index (χ0n) is 14.6. The lowest BCUT2D eigenvalue weighted by atomic mass is 10.1. The maximum Gasteiger partial charge on any atom is 0.270 e. The number of methoxy groups -OCH3 is 1. The molecule has 2 heterocycles. The van der Waals surface area contributed by atoms with Gasteiger partial charge in [-0.25, -0.2) is 0 Å². The molecule has 132 valence electrons. The summed E-state index contributed by atoms with van der Waals surface area (Å²) in [6.45, 7) is 4.20. The number of piperazine rings is 1. The summed E-state index contributed by atoms with van der Waals surface area (Å²) in [7, 11) is 1.64. The van der Waals surface area contributed by atoms with Gasteiger partial charge in [-0.1, -0.05) is 6.92 Å². The Morgan fingerprint density at radius 2 is 1.76 bits per heavy atom. The molecule has 2 amide bonds. The third kappa shape index (κ3) is 3.52. The molecule has 0 bridgehead atoms. The first kappa shape index (κ1) is 17.1. The second-order valence-corrected chi connectivity index (χ2v) is 6.05. The van der Waals surface area contributed by atoms with Crippen molar-refractivity contribution in [2.24, 2.45) is 0 Å². The fraction of sp³-hybridized carbons (Fsp3) is 0.368. The Bertz CT molecular complexity index is 747. The van der Waals surface area contributed by atoms with E-state index in [0.29, 0.717) is 37.4 Å². The van der Waals surface area contributed by atoms with E-state index in [1.54, 1.807) is 35.2 Å². The number of carbonyl (C=O) groups is 2. The Kier molecular flexibility index (Phi) is 5.07. The maximum atomic E-state index is 12.7. The van der Waals surface area contributed by atoms with Gasteiger partial charge in [0.2, 0.25) is 0 Å². The fourth-order valence-electron chi connectivity index (χ4n) is 3.12. The highest BCUT2D eigenvalue weighted by Crippen LogP contribution is 2.21. The smallest absolute Gasteiger partial charge is 0.270 e. The van der Waals surface area contributed by atoms with Gasteiger partial charge in [-0.2, -0.15) is 0 Å². The van der Waals surface area contributed by atoms with Gasteiger partial charge in [-0.05, 0) is 42.3 Å². The number of nitrogens with one attached hydrogen (secondary N) is 1. The quantitative estimate of drug-likeness (QED) is 0.927. The Balaban J connectivity index is 1.64. The van der Waals surface area contributed by atoms with Gasteiger partial charge in [0, 0.05) is 37.9 Å². The zero-order chi connectivity index (χ0) is 17.8. The van der Waals surface area contributed by atoms with Crippen molar-refractivity contribution >= 4 is 11.8 Å². The van der Waals surface area contributed by atoms with E-state index in [1.165, 1.54) is 0 Å². The largest absolute Gasteiger partial charge is 0.496 e. The number of hydrogen-bond donors (Lipinski definition) is 1. The first-order valence-electron chi connectivity index (χ1n) is 8.53. The lowest BCUT2D eigenvalue weighted by molar-refractivity contribution is 0.0532. The second-order valence-electron chi connectivity index (χ2n) is 6.05. The molecule has 1 N–H and O–H groups in total. The molecule has 1 aromatic heterocycles. The predicted octanol–water partition coefficient (Wildman–Crippen LogP) is 2.18. The van der Waals surface area contributed by atoms with E-state index in [2.05, 4.69) is 4.98 Å². The van der Waals surface area contributed by atoms with E-state index < -0.39 is 0 Å². The van der Waals surface area contributed by atoms with Crippen molar-refractivity contribution in [1.82, 2.24) is 14.8 Å². The fourth-order valence-corrected chi connectivity index (χ4v) is 3.12. The van der Waals surface area contributed by atoms with Gasteiger partial charge in [0.15, 0.2) is 0 Å². The summed E-state index contributed by atoms with van der Waals surface area (Å²) in [6.07, 6.45) is 2.55. The molecule has 0 unspecified atom stereocenters. The van der Waals surface area contributed by atoms with Crippen molar-refractivity contribution in [2.45, 2.75) is 13.3 Å². The van der Waals surface area contributed by atoms with Crippen LogP contribution in [0.4, 0.5) is 0 Å². The average molecular weight is 341 g/mol. The summed E-state index contributed by atoms with van der Waals surface area (Å²) in [5.74, 6) is 0.791. The molecular formula is C19H23N3O3. The molecule has 25 heavy (non-hydrogen) atoms. The Labute approximate surface area is 147 Å². The molecular weight excluding hydrogens is 318 g/mol. The monoisotopic (exact) mass is 341 g/mol. The van der Waals surface area contributed by atoms with Crippen LogP contribution in [0.25, 0.3) is 0 Å². The van der Waals surface area contributed by atoms with Crippen molar-refractivity contribution in [1.29, 1.82) is 0 Å². The molecule has 6 heteroatoms. The summed E-state index contributed by atoms with van der Waals surface area (Å²) in [6, 6.07) is 9.12. The van der Waals surface area contributed by atoms with Crippen molar-refractivity contribution in [3.8, 4) is 5.75 Å². The van der Waals surface area contributed by atoms with Gasteiger partial charge in [-0.15, -0.1) is 0 Å². The number of rotatable bonds is 4. The normalized spacial score (nSPS) is 14.5. The van der Waals surface area contributed by atoms with Gasteiger partial charge in [-0.3, -0.25) is 9.59 Å². The van der Waals surface area contributed by atoms with E-state index in [0.717, 1.165) is 17.7 Å². The molecule has 0 radical (unpaired) electrons. The summed E-state index contributed by atoms with van der Waals surface area (Å²) >= 11 is 0. The molecule has 6 nitrogen and oxygen atoms in total. The van der Waals surface area contributed by atoms with Crippen LogP contribution in [-0.2, 0) is 6.42 Å². The van der Waals surface area contributed by atoms with Crippen molar-refractivity contribution in [2.75, 3.05) is 33.3 Å². The molecule has 2 aromatic rings. The summed E-state index contributed by atoms with van der Waals surface area (Å²) in [5.41, 5.74) is 2.28. The maximum absolute atomic E-state index is 12.7. The van der Waals surface area contributed by atoms with Crippen molar-refractivity contribution < 1.29 is 14.3 Å². The Morgan fingerprint density at radius 1 is 1.08 bits per heavy atom. The minimum Gasteiger partial charge on any atom is -0.496 e. The number of carbonyl (C=O) groups excluding carboxylic acids is 2. The summed E-state index contributed by atoms with van der Waals surface area (Å²) in [4.78, 5) is 31.6. The van der Waals surface area contributed by atoms with Crippen molar-refractivity contribution in [3.05, 3.63) is 53.3 Å². The number of nitrogens with zero attached hydrogens (tertiary/aromatic N) is 2. The van der Waals surface area contributed by atoms with Crippen LogP contribution in [0.5, 0.6) is 5.75 Å². The first-order chi connectivity index (χ1) is 12.1. The molecule has 1 aromatic carbocycles. The number of aromatic amines is 1. The average Bonchev–Trinajstić information content (AvgIpc) is 3.21. The van der Waals surface area contributed by atoms with Gasteiger partial charge in [0.1, 0.15) is 11.4 Å². The lowest BCUT2D eigenvalue weighted by Crippen LogP contribution is -2.50. The van der Waals surface area contributed by atoms with Crippen LogP contribution in [0.3, 0.4) is 0 Å². The predicted molar refractivity (Wildman–Crippen MR) is 95.0 cm³/mol. The number of H-pyrrole nitrogens is 1. The van der Waals surface area contributed by atoms with Crippen LogP contribution in [0.2, 0.25) is 0 Å². The summed E-state index contributed by atoms with van der Waals surface area (Å²) in [5, 5.41) is 0. The molecule has 1 saturated heterocycles. The van der Waals surface area contributed by atoms with Gasteiger partial charge in [0.05, 0.1) is 7.11 Å². The van der Waals surface area contributed by atoms with Gasteiger partial charge >= 0.3 is 0 Å².